The number of fused-ring (bicyclic) bond motifs is 1. The molecular formula is C14H6ClFN2O4. The molecule has 1 aliphatic rings. The lowest BCUT2D eigenvalue weighted by Gasteiger charge is -2.12. The fraction of sp³-hybridized carbons (Fsp3) is 0. The number of pyridine rings is 1. The fourth-order valence-electron chi connectivity index (χ4n) is 1.95. The van der Waals surface area contributed by atoms with Crippen LogP contribution in [0.15, 0.2) is 36.5 Å². The van der Waals surface area contributed by atoms with Crippen molar-refractivity contribution in [2.45, 2.75) is 0 Å². The van der Waals surface area contributed by atoms with Crippen molar-refractivity contribution in [1.29, 1.82) is 0 Å². The number of amides is 2. The highest BCUT2D eigenvalue weighted by Gasteiger charge is 2.39. The Morgan fingerprint density at radius 2 is 1.77 bits per heavy atom. The van der Waals surface area contributed by atoms with Gasteiger partial charge in [0.05, 0.1) is 16.1 Å². The summed E-state index contributed by atoms with van der Waals surface area (Å²) in [4.78, 5) is 43.9. The maximum Gasteiger partial charge on any atom is 0.368 e. The molecule has 0 aliphatic carbocycles. The van der Waals surface area contributed by atoms with Gasteiger partial charge in [-0.05, 0) is 18.2 Å². The van der Waals surface area contributed by atoms with Crippen LogP contribution >= 0.6 is 11.6 Å². The monoisotopic (exact) mass is 320 g/mol. The van der Waals surface area contributed by atoms with E-state index in [-0.39, 0.29) is 21.2 Å². The van der Waals surface area contributed by atoms with Crippen LogP contribution in [0.3, 0.4) is 0 Å². The first-order valence-electron chi connectivity index (χ1n) is 6.00. The number of rotatable bonds is 2. The minimum atomic E-state index is -1.25. The summed E-state index contributed by atoms with van der Waals surface area (Å²) in [5, 5.41) is 0.295. The van der Waals surface area contributed by atoms with Crippen molar-refractivity contribution in [3.05, 3.63) is 64.2 Å². The number of imide groups is 1. The SMILES string of the molecule is O=C(ON1C(=O)c2ccccc2C1=O)c1cc(Cl)cnc1F. The fourth-order valence-corrected chi connectivity index (χ4v) is 2.11. The molecule has 0 unspecified atom stereocenters. The van der Waals surface area contributed by atoms with Gasteiger partial charge in [0, 0.05) is 6.20 Å². The third kappa shape index (κ3) is 2.21. The summed E-state index contributed by atoms with van der Waals surface area (Å²) in [5.41, 5.74) is -0.376. The van der Waals surface area contributed by atoms with Crippen LogP contribution in [0.25, 0.3) is 0 Å². The summed E-state index contributed by atoms with van der Waals surface area (Å²) in [6.07, 6.45) is 1.01. The second-order valence-corrected chi connectivity index (χ2v) is 4.76. The van der Waals surface area contributed by atoms with Crippen LogP contribution in [0.1, 0.15) is 31.1 Å². The van der Waals surface area contributed by atoms with Crippen molar-refractivity contribution in [3.63, 3.8) is 0 Å². The summed E-state index contributed by atoms with van der Waals surface area (Å²) in [5.74, 6) is -3.97. The number of hydroxylamine groups is 2. The van der Waals surface area contributed by atoms with Gasteiger partial charge in [0.15, 0.2) is 0 Å². The van der Waals surface area contributed by atoms with Gasteiger partial charge < -0.3 is 4.84 Å². The molecule has 22 heavy (non-hydrogen) atoms. The van der Waals surface area contributed by atoms with E-state index in [1.54, 1.807) is 12.1 Å². The van der Waals surface area contributed by atoms with E-state index in [1.807, 2.05) is 0 Å². The summed E-state index contributed by atoms with van der Waals surface area (Å²) in [6, 6.07) is 6.96. The highest BCUT2D eigenvalue weighted by molar-refractivity contribution is 6.30. The van der Waals surface area contributed by atoms with Crippen molar-refractivity contribution in [1.82, 2.24) is 10.0 Å². The van der Waals surface area contributed by atoms with Crippen LogP contribution in [0.2, 0.25) is 5.02 Å². The molecule has 2 aromatic rings. The van der Waals surface area contributed by atoms with Crippen LogP contribution in [-0.4, -0.2) is 27.8 Å². The Kier molecular flexibility index (Phi) is 3.34. The average molecular weight is 321 g/mol. The van der Waals surface area contributed by atoms with Gasteiger partial charge in [-0.2, -0.15) is 4.39 Å². The van der Waals surface area contributed by atoms with Gasteiger partial charge >= 0.3 is 5.97 Å². The molecule has 0 saturated heterocycles. The number of nitrogens with zero attached hydrogens (tertiary/aromatic N) is 2. The minimum absolute atomic E-state index is 0.00992. The van der Waals surface area contributed by atoms with E-state index in [1.165, 1.54) is 12.1 Å². The second-order valence-electron chi connectivity index (χ2n) is 4.32. The summed E-state index contributed by atoms with van der Waals surface area (Å²) in [6.45, 7) is 0. The Morgan fingerprint density at radius 1 is 1.18 bits per heavy atom. The molecule has 1 aromatic heterocycles. The molecule has 0 radical (unpaired) electrons. The number of carbonyl (C=O) groups is 3. The van der Waals surface area contributed by atoms with E-state index >= 15 is 0 Å². The predicted octanol–water partition coefficient (Wildman–Crippen LogP) is 2.24. The van der Waals surface area contributed by atoms with E-state index in [4.69, 9.17) is 16.4 Å². The Hall–Kier alpha value is -2.80. The van der Waals surface area contributed by atoms with Gasteiger partial charge in [-0.25, -0.2) is 9.78 Å². The molecule has 3 rings (SSSR count). The molecular weight excluding hydrogens is 315 g/mol. The molecule has 0 bridgehead atoms. The van der Waals surface area contributed by atoms with Crippen molar-refractivity contribution < 1.29 is 23.6 Å². The highest BCUT2D eigenvalue weighted by atomic mass is 35.5. The molecule has 6 nitrogen and oxygen atoms in total. The minimum Gasteiger partial charge on any atom is -0.324 e. The highest BCUT2D eigenvalue weighted by Crippen LogP contribution is 2.23. The molecule has 0 spiro atoms. The normalized spacial score (nSPS) is 13.3. The topological polar surface area (TPSA) is 76.6 Å². The molecule has 0 fully saturated rings. The molecule has 1 aromatic carbocycles. The number of hydrogen-bond donors (Lipinski definition) is 0. The first-order valence-corrected chi connectivity index (χ1v) is 6.38. The second kappa shape index (κ2) is 5.19. The molecule has 0 N–H and O–H groups in total. The Morgan fingerprint density at radius 3 is 2.36 bits per heavy atom. The smallest absolute Gasteiger partial charge is 0.324 e. The maximum absolute atomic E-state index is 13.5. The molecule has 0 atom stereocenters. The summed E-state index contributed by atoms with van der Waals surface area (Å²) >= 11 is 5.62. The van der Waals surface area contributed by atoms with E-state index < -0.39 is 29.3 Å². The third-order valence-electron chi connectivity index (χ3n) is 2.96. The van der Waals surface area contributed by atoms with Gasteiger partial charge in [-0.1, -0.05) is 28.8 Å². The quantitative estimate of drug-likeness (QED) is 0.626. The van der Waals surface area contributed by atoms with Crippen LogP contribution in [-0.2, 0) is 4.84 Å². The number of aromatic nitrogens is 1. The molecule has 0 saturated carbocycles. The Bertz CT molecular complexity index is 789. The molecule has 2 amide bonds. The van der Waals surface area contributed by atoms with Crippen LogP contribution in [0, 0.1) is 5.95 Å². The first-order chi connectivity index (χ1) is 10.5. The zero-order chi connectivity index (χ0) is 15.9. The zero-order valence-electron chi connectivity index (χ0n) is 10.7. The van der Waals surface area contributed by atoms with Crippen molar-refractivity contribution >= 4 is 29.4 Å². The lowest BCUT2D eigenvalue weighted by atomic mass is 10.1. The number of benzene rings is 1. The number of halogens is 2. The largest absolute Gasteiger partial charge is 0.368 e. The number of carbonyl (C=O) groups excluding carboxylic acids is 3. The van der Waals surface area contributed by atoms with Crippen LogP contribution in [0.4, 0.5) is 4.39 Å². The zero-order valence-corrected chi connectivity index (χ0v) is 11.5. The lowest BCUT2D eigenvalue weighted by Crippen LogP contribution is -2.33. The third-order valence-corrected chi connectivity index (χ3v) is 3.16. The van der Waals surface area contributed by atoms with Crippen molar-refractivity contribution in [2.24, 2.45) is 0 Å². The maximum atomic E-state index is 13.5. The molecule has 1 aliphatic heterocycles. The molecule has 110 valence electrons. The number of hydrogen-bond acceptors (Lipinski definition) is 5. The van der Waals surface area contributed by atoms with Crippen LogP contribution < -0.4 is 0 Å². The van der Waals surface area contributed by atoms with E-state index in [0.29, 0.717) is 0 Å². The van der Waals surface area contributed by atoms with Crippen LogP contribution in [0.5, 0.6) is 0 Å². The van der Waals surface area contributed by atoms with Gasteiger partial charge in [-0.15, -0.1) is 0 Å². The van der Waals surface area contributed by atoms with Crippen molar-refractivity contribution in [2.75, 3.05) is 0 Å². The molecule has 8 heteroatoms. The summed E-state index contributed by atoms with van der Waals surface area (Å²) in [7, 11) is 0. The van der Waals surface area contributed by atoms with Gasteiger partial charge in [0.1, 0.15) is 5.56 Å². The van der Waals surface area contributed by atoms with E-state index in [9.17, 15) is 18.8 Å². The van der Waals surface area contributed by atoms with E-state index in [0.717, 1.165) is 12.3 Å². The lowest BCUT2D eigenvalue weighted by molar-refractivity contribution is -0.0588. The molecule has 2 heterocycles. The average Bonchev–Trinajstić information content (AvgIpc) is 2.75. The van der Waals surface area contributed by atoms with Crippen molar-refractivity contribution in [3.8, 4) is 0 Å². The van der Waals surface area contributed by atoms with Gasteiger partial charge in [0.25, 0.3) is 11.8 Å². The Labute approximate surface area is 128 Å². The summed E-state index contributed by atoms with van der Waals surface area (Å²) < 4.78 is 13.5. The standard InChI is InChI=1S/C14H6ClFN2O4/c15-7-5-10(11(16)17-6-7)14(21)22-18-12(19)8-3-1-2-4-9(8)13(18)20/h1-6H. The van der Waals surface area contributed by atoms with Gasteiger partial charge in [0.2, 0.25) is 5.95 Å². The van der Waals surface area contributed by atoms with Gasteiger partial charge in [-0.3, -0.25) is 9.59 Å². The Balaban J connectivity index is 1.89. The van der Waals surface area contributed by atoms with E-state index in [2.05, 4.69) is 4.98 Å². The first kappa shape index (κ1) is 14.2. The predicted molar refractivity (Wildman–Crippen MR) is 71.6 cm³/mol.